The number of nitrogens with zero attached hydrogens (tertiary/aromatic N) is 1. The Morgan fingerprint density at radius 2 is 1.55 bits per heavy atom. The van der Waals surface area contributed by atoms with Gasteiger partial charge in [0.05, 0.1) is 26.9 Å². The molecule has 2 amide bonds. The largest absolute Gasteiger partial charge is 0.497 e. The number of ether oxygens (including phenoxy) is 4. The van der Waals surface area contributed by atoms with Crippen molar-refractivity contribution in [2.24, 2.45) is 0 Å². The number of amides is 2. The Labute approximate surface area is 181 Å². The smallest absolute Gasteiger partial charge is 0.278 e. The Bertz CT molecular complexity index is 979. The van der Waals surface area contributed by atoms with Gasteiger partial charge >= 0.3 is 0 Å². The fourth-order valence-corrected chi connectivity index (χ4v) is 3.39. The lowest BCUT2D eigenvalue weighted by Gasteiger charge is -2.15. The molecule has 31 heavy (non-hydrogen) atoms. The van der Waals surface area contributed by atoms with E-state index in [0.29, 0.717) is 41.5 Å². The zero-order chi connectivity index (χ0) is 22.4. The highest BCUT2D eigenvalue weighted by molar-refractivity contribution is 6.37. The van der Waals surface area contributed by atoms with Crippen LogP contribution in [0.5, 0.6) is 17.2 Å². The maximum atomic E-state index is 13.3. The summed E-state index contributed by atoms with van der Waals surface area (Å²) >= 11 is 0. The summed E-state index contributed by atoms with van der Waals surface area (Å²) in [6, 6.07) is 12.3. The van der Waals surface area contributed by atoms with Gasteiger partial charge in [0, 0.05) is 49.7 Å². The van der Waals surface area contributed by atoms with Gasteiger partial charge in [0.1, 0.15) is 22.9 Å². The van der Waals surface area contributed by atoms with Crippen molar-refractivity contribution in [3.8, 4) is 17.2 Å². The number of hydrogen-bond acceptors (Lipinski definition) is 7. The SMILES string of the molecule is COCCCN1C(=O)C(Nc2cc(OC)cc(OC)c2)=C(c2ccccc2OC)C1=O. The molecule has 3 rings (SSSR count). The number of methoxy groups -OCH3 is 4. The molecule has 0 unspecified atom stereocenters. The normalized spacial score (nSPS) is 13.6. The second-order valence-corrected chi connectivity index (χ2v) is 6.78. The van der Waals surface area contributed by atoms with Gasteiger partial charge in [-0.25, -0.2) is 0 Å². The molecular formula is C23H26N2O6. The van der Waals surface area contributed by atoms with Crippen LogP contribution in [0.1, 0.15) is 12.0 Å². The number of carbonyl (C=O) groups is 2. The minimum atomic E-state index is -0.413. The van der Waals surface area contributed by atoms with Crippen molar-refractivity contribution >= 4 is 23.1 Å². The first-order valence-electron chi connectivity index (χ1n) is 9.77. The first-order valence-corrected chi connectivity index (χ1v) is 9.77. The summed E-state index contributed by atoms with van der Waals surface area (Å²) in [7, 11) is 6.19. The van der Waals surface area contributed by atoms with Crippen LogP contribution < -0.4 is 19.5 Å². The van der Waals surface area contributed by atoms with Gasteiger partial charge < -0.3 is 24.3 Å². The topological polar surface area (TPSA) is 86.3 Å². The molecule has 0 radical (unpaired) electrons. The number of para-hydroxylation sites is 1. The molecule has 0 aliphatic carbocycles. The second kappa shape index (κ2) is 9.99. The lowest BCUT2D eigenvalue weighted by molar-refractivity contribution is -0.137. The van der Waals surface area contributed by atoms with Crippen LogP contribution in [0, 0.1) is 0 Å². The molecule has 1 N–H and O–H groups in total. The molecule has 0 saturated carbocycles. The van der Waals surface area contributed by atoms with E-state index in [1.807, 2.05) is 0 Å². The Balaban J connectivity index is 2.07. The summed E-state index contributed by atoms with van der Waals surface area (Å²) < 4.78 is 21.1. The van der Waals surface area contributed by atoms with Crippen LogP contribution in [-0.2, 0) is 14.3 Å². The predicted octanol–water partition coefficient (Wildman–Crippen LogP) is 2.94. The molecule has 0 saturated heterocycles. The van der Waals surface area contributed by atoms with Crippen LogP contribution in [0.15, 0.2) is 48.2 Å². The van der Waals surface area contributed by atoms with Crippen molar-refractivity contribution in [1.82, 2.24) is 4.90 Å². The summed E-state index contributed by atoms with van der Waals surface area (Å²) in [6.45, 7) is 0.688. The van der Waals surface area contributed by atoms with Crippen molar-refractivity contribution in [2.45, 2.75) is 6.42 Å². The van der Waals surface area contributed by atoms with Crippen LogP contribution in [0.2, 0.25) is 0 Å². The second-order valence-electron chi connectivity index (χ2n) is 6.78. The third-order valence-electron chi connectivity index (χ3n) is 4.90. The number of imide groups is 1. The van der Waals surface area contributed by atoms with E-state index >= 15 is 0 Å². The predicted molar refractivity (Wildman–Crippen MR) is 116 cm³/mol. The summed E-state index contributed by atoms with van der Waals surface area (Å²) in [6.07, 6.45) is 0.535. The quantitative estimate of drug-likeness (QED) is 0.462. The van der Waals surface area contributed by atoms with Crippen LogP contribution in [0.3, 0.4) is 0 Å². The van der Waals surface area contributed by atoms with E-state index in [4.69, 9.17) is 18.9 Å². The van der Waals surface area contributed by atoms with Crippen molar-refractivity contribution in [1.29, 1.82) is 0 Å². The maximum Gasteiger partial charge on any atom is 0.278 e. The molecule has 0 spiro atoms. The highest BCUT2D eigenvalue weighted by atomic mass is 16.5. The average molecular weight is 426 g/mol. The number of carbonyl (C=O) groups excluding carboxylic acids is 2. The number of anilines is 1. The molecule has 1 aliphatic rings. The third-order valence-corrected chi connectivity index (χ3v) is 4.90. The molecule has 2 aromatic carbocycles. The zero-order valence-corrected chi connectivity index (χ0v) is 18.1. The van der Waals surface area contributed by atoms with Crippen molar-refractivity contribution in [3.63, 3.8) is 0 Å². The van der Waals surface area contributed by atoms with Crippen LogP contribution in [-0.4, -0.2) is 58.3 Å². The number of benzene rings is 2. The van der Waals surface area contributed by atoms with Gasteiger partial charge in [0.25, 0.3) is 11.8 Å². The fraction of sp³-hybridized carbons (Fsp3) is 0.304. The minimum absolute atomic E-state index is 0.169. The highest BCUT2D eigenvalue weighted by Gasteiger charge is 2.40. The first kappa shape index (κ1) is 22.2. The third kappa shape index (κ3) is 4.64. The summed E-state index contributed by atoms with van der Waals surface area (Å²) in [5.74, 6) is 0.803. The molecule has 0 fully saturated rings. The van der Waals surface area contributed by atoms with E-state index in [9.17, 15) is 9.59 Å². The van der Waals surface area contributed by atoms with Crippen molar-refractivity contribution < 1.29 is 28.5 Å². The van der Waals surface area contributed by atoms with Gasteiger partial charge in [-0.1, -0.05) is 18.2 Å². The molecule has 1 aliphatic heterocycles. The molecular weight excluding hydrogens is 400 g/mol. The first-order chi connectivity index (χ1) is 15.0. The van der Waals surface area contributed by atoms with Gasteiger partial charge in [0.15, 0.2) is 0 Å². The van der Waals surface area contributed by atoms with Gasteiger partial charge in [-0.3, -0.25) is 14.5 Å². The zero-order valence-electron chi connectivity index (χ0n) is 18.1. The van der Waals surface area contributed by atoms with E-state index < -0.39 is 5.91 Å². The van der Waals surface area contributed by atoms with Gasteiger partial charge in [-0.2, -0.15) is 0 Å². The number of rotatable bonds is 10. The lowest BCUT2D eigenvalue weighted by atomic mass is 10.0. The molecule has 164 valence electrons. The Hall–Kier alpha value is -3.52. The van der Waals surface area contributed by atoms with Gasteiger partial charge in [-0.15, -0.1) is 0 Å². The Morgan fingerprint density at radius 3 is 2.16 bits per heavy atom. The summed E-state index contributed by atoms with van der Waals surface area (Å²) in [5.41, 5.74) is 1.51. The fourth-order valence-electron chi connectivity index (χ4n) is 3.39. The minimum Gasteiger partial charge on any atom is -0.497 e. The van der Waals surface area contributed by atoms with Crippen LogP contribution >= 0.6 is 0 Å². The Kier molecular flexibility index (Phi) is 7.15. The van der Waals surface area contributed by atoms with E-state index in [-0.39, 0.29) is 23.7 Å². The monoisotopic (exact) mass is 426 g/mol. The molecule has 2 aromatic rings. The molecule has 0 atom stereocenters. The summed E-state index contributed by atoms with van der Waals surface area (Å²) in [5, 5.41) is 3.11. The average Bonchev–Trinajstić information content (AvgIpc) is 3.02. The van der Waals surface area contributed by atoms with E-state index in [0.717, 1.165) is 0 Å². The molecule has 8 nitrogen and oxygen atoms in total. The number of nitrogens with one attached hydrogen (secondary N) is 1. The van der Waals surface area contributed by atoms with E-state index in [1.165, 1.54) is 12.0 Å². The van der Waals surface area contributed by atoms with Gasteiger partial charge in [-0.05, 0) is 12.5 Å². The molecule has 1 heterocycles. The van der Waals surface area contributed by atoms with Crippen molar-refractivity contribution in [2.75, 3.05) is 46.9 Å². The molecule has 0 aromatic heterocycles. The van der Waals surface area contributed by atoms with Crippen LogP contribution in [0.4, 0.5) is 5.69 Å². The van der Waals surface area contributed by atoms with E-state index in [2.05, 4.69) is 5.32 Å². The van der Waals surface area contributed by atoms with Crippen molar-refractivity contribution in [3.05, 3.63) is 53.7 Å². The van der Waals surface area contributed by atoms with Crippen LogP contribution in [0.25, 0.3) is 5.57 Å². The summed E-state index contributed by atoms with van der Waals surface area (Å²) in [4.78, 5) is 27.8. The standard InChI is InChI=1S/C23H26N2O6/c1-28-11-7-10-25-22(26)20(18-8-5-6-9-19(18)31-4)21(23(25)27)24-15-12-16(29-2)14-17(13-15)30-3/h5-6,8-9,12-14,24H,7,10-11H2,1-4H3. The molecule has 0 bridgehead atoms. The highest BCUT2D eigenvalue weighted by Crippen LogP contribution is 2.36. The van der Waals surface area contributed by atoms with E-state index in [1.54, 1.807) is 63.8 Å². The van der Waals surface area contributed by atoms with Gasteiger partial charge in [0.2, 0.25) is 0 Å². The lowest BCUT2D eigenvalue weighted by Crippen LogP contribution is -2.33. The Morgan fingerprint density at radius 1 is 0.871 bits per heavy atom. The molecule has 8 heteroatoms. The number of hydrogen-bond donors (Lipinski definition) is 1. The maximum absolute atomic E-state index is 13.3.